The molecule has 0 aliphatic rings. The van der Waals surface area contributed by atoms with Crippen molar-refractivity contribution in [2.75, 3.05) is 0 Å². The average Bonchev–Trinajstić information content (AvgIpc) is 2.86. The number of hydrogen-bond donors (Lipinski definition) is 0. The van der Waals surface area contributed by atoms with E-state index in [1.165, 1.54) is 22.3 Å². The van der Waals surface area contributed by atoms with E-state index in [0.29, 0.717) is 0 Å². The first-order chi connectivity index (χ1) is 16.4. The maximum absolute atomic E-state index is 3.77. The van der Waals surface area contributed by atoms with Crippen LogP contribution in [0.2, 0.25) is 0 Å². The first kappa shape index (κ1) is 23.6. The second-order valence-corrected chi connectivity index (χ2v) is 10.2. The number of hydrogen-bond acceptors (Lipinski definition) is 0. The van der Waals surface area contributed by atoms with Gasteiger partial charge >= 0.3 is 0 Å². The Bertz CT molecular complexity index is 1050. The van der Waals surface area contributed by atoms with Crippen LogP contribution in [0, 0.1) is 22.7 Å². The SMILES string of the molecule is CC(C)(C#CC(C)(C)C(c1ccccc1)c1ccccc1)C(c1ccccc1)c1ccccc1. The zero-order chi connectivity index (χ0) is 24.0. The zero-order valence-corrected chi connectivity index (χ0v) is 20.7. The van der Waals surface area contributed by atoms with E-state index in [0.717, 1.165) is 0 Å². The van der Waals surface area contributed by atoms with Gasteiger partial charge in [0.15, 0.2) is 0 Å². The predicted octanol–water partition coefficient (Wildman–Crippen LogP) is 8.71. The molecule has 0 unspecified atom stereocenters. The van der Waals surface area contributed by atoms with E-state index in [1.807, 2.05) is 0 Å². The van der Waals surface area contributed by atoms with Crippen LogP contribution in [0.4, 0.5) is 0 Å². The minimum Gasteiger partial charge on any atom is -0.0955 e. The summed E-state index contributed by atoms with van der Waals surface area (Å²) in [5.74, 6) is 7.90. The molecule has 4 aromatic carbocycles. The van der Waals surface area contributed by atoms with Gasteiger partial charge in [0.1, 0.15) is 0 Å². The molecule has 170 valence electrons. The fourth-order valence-electron chi connectivity index (χ4n) is 5.10. The quantitative estimate of drug-likeness (QED) is 0.262. The van der Waals surface area contributed by atoms with E-state index in [1.54, 1.807) is 0 Å². The highest BCUT2D eigenvalue weighted by atomic mass is 14.4. The molecule has 0 bridgehead atoms. The van der Waals surface area contributed by atoms with Gasteiger partial charge in [-0.25, -0.2) is 0 Å². The van der Waals surface area contributed by atoms with Crippen molar-refractivity contribution in [2.24, 2.45) is 10.8 Å². The van der Waals surface area contributed by atoms with E-state index in [-0.39, 0.29) is 22.7 Å². The van der Waals surface area contributed by atoms with Crippen molar-refractivity contribution in [2.45, 2.75) is 39.5 Å². The lowest BCUT2D eigenvalue weighted by Gasteiger charge is -2.34. The van der Waals surface area contributed by atoms with Crippen LogP contribution in [0.25, 0.3) is 0 Å². The molecular formula is C34H34. The first-order valence-electron chi connectivity index (χ1n) is 12.1. The summed E-state index contributed by atoms with van der Waals surface area (Å²) in [6, 6.07) is 43.1. The third-order valence-electron chi connectivity index (χ3n) is 6.68. The molecule has 0 spiro atoms. The number of rotatable bonds is 6. The van der Waals surface area contributed by atoms with Gasteiger partial charge in [0, 0.05) is 22.7 Å². The van der Waals surface area contributed by atoms with E-state index >= 15 is 0 Å². The monoisotopic (exact) mass is 442 g/mol. The first-order valence-corrected chi connectivity index (χ1v) is 12.1. The molecule has 0 atom stereocenters. The average molecular weight is 443 g/mol. The van der Waals surface area contributed by atoms with Gasteiger partial charge in [-0.05, 0) is 49.9 Å². The molecule has 0 heterocycles. The Kier molecular flexibility index (Phi) is 7.04. The molecule has 0 aromatic heterocycles. The zero-order valence-electron chi connectivity index (χ0n) is 20.7. The third-order valence-corrected chi connectivity index (χ3v) is 6.68. The Morgan fingerprint density at radius 3 is 0.794 bits per heavy atom. The van der Waals surface area contributed by atoms with Gasteiger partial charge in [0.2, 0.25) is 0 Å². The predicted molar refractivity (Wildman–Crippen MR) is 145 cm³/mol. The molecule has 0 aliphatic carbocycles. The summed E-state index contributed by atoms with van der Waals surface area (Å²) in [7, 11) is 0. The Morgan fingerprint density at radius 2 is 0.588 bits per heavy atom. The summed E-state index contributed by atoms with van der Waals surface area (Å²) in [5, 5.41) is 0. The molecule has 4 aromatic rings. The molecule has 0 amide bonds. The van der Waals surface area contributed by atoms with Crippen molar-refractivity contribution in [3.8, 4) is 11.8 Å². The van der Waals surface area contributed by atoms with Crippen LogP contribution in [0.3, 0.4) is 0 Å². The van der Waals surface area contributed by atoms with Crippen molar-refractivity contribution in [1.29, 1.82) is 0 Å². The van der Waals surface area contributed by atoms with E-state index < -0.39 is 0 Å². The minimum absolute atomic E-state index is 0.185. The summed E-state index contributed by atoms with van der Waals surface area (Å²) in [5.41, 5.74) is 4.69. The van der Waals surface area contributed by atoms with Crippen LogP contribution >= 0.6 is 0 Å². The topological polar surface area (TPSA) is 0 Å². The molecule has 0 nitrogen and oxygen atoms in total. The standard InChI is InChI=1S/C34H34/c1-33(2,31(27-17-9-5-10-18-27)28-19-11-6-12-20-28)25-26-34(3,4)32(29-21-13-7-14-22-29)30-23-15-8-16-24-30/h5-24,31-32H,1-4H3. The molecule has 0 N–H and O–H groups in total. The van der Waals surface area contributed by atoms with Gasteiger partial charge in [-0.1, -0.05) is 133 Å². The fourth-order valence-corrected chi connectivity index (χ4v) is 5.10. The molecule has 34 heavy (non-hydrogen) atoms. The van der Waals surface area contributed by atoms with Gasteiger partial charge < -0.3 is 0 Å². The van der Waals surface area contributed by atoms with Gasteiger partial charge in [-0.15, -0.1) is 0 Å². The molecule has 0 fully saturated rings. The molecule has 0 heteroatoms. The number of benzene rings is 4. The molecule has 0 radical (unpaired) electrons. The van der Waals surface area contributed by atoms with Crippen molar-refractivity contribution in [3.63, 3.8) is 0 Å². The van der Waals surface area contributed by atoms with Crippen LogP contribution in [0.1, 0.15) is 61.8 Å². The lowest BCUT2D eigenvalue weighted by Crippen LogP contribution is -2.25. The van der Waals surface area contributed by atoms with Crippen LogP contribution in [0.5, 0.6) is 0 Å². The summed E-state index contributed by atoms with van der Waals surface area (Å²) in [6.45, 7) is 9.11. The highest BCUT2D eigenvalue weighted by Gasteiger charge is 2.34. The summed E-state index contributed by atoms with van der Waals surface area (Å²) < 4.78 is 0. The second kappa shape index (κ2) is 10.1. The van der Waals surface area contributed by atoms with Crippen LogP contribution in [-0.2, 0) is 0 Å². The van der Waals surface area contributed by atoms with Crippen molar-refractivity contribution in [3.05, 3.63) is 144 Å². The Hall–Kier alpha value is -3.56. The van der Waals surface area contributed by atoms with E-state index in [4.69, 9.17) is 0 Å². The highest BCUT2D eigenvalue weighted by molar-refractivity contribution is 5.41. The summed E-state index contributed by atoms with van der Waals surface area (Å²) >= 11 is 0. The lowest BCUT2D eigenvalue weighted by atomic mass is 9.68. The van der Waals surface area contributed by atoms with Gasteiger partial charge in [-0.2, -0.15) is 0 Å². The normalized spacial score (nSPS) is 11.8. The van der Waals surface area contributed by atoms with Crippen molar-refractivity contribution >= 4 is 0 Å². The Balaban J connectivity index is 1.77. The van der Waals surface area contributed by atoms with Gasteiger partial charge in [0.05, 0.1) is 0 Å². The van der Waals surface area contributed by atoms with E-state index in [2.05, 4.69) is 161 Å². The molecular weight excluding hydrogens is 408 g/mol. The van der Waals surface area contributed by atoms with E-state index in [9.17, 15) is 0 Å². The maximum Gasteiger partial charge on any atom is 0.0367 e. The lowest BCUT2D eigenvalue weighted by molar-refractivity contribution is 0.416. The summed E-state index contributed by atoms with van der Waals surface area (Å²) in [6.07, 6.45) is 0. The Labute approximate surface area is 205 Å². The highest BCUT2D eigenvalue weighted by Crippen LogP contribution is 2.43. The molecule has 0 saturated heterocycles. The second-order valence-electron chi connectivity index (χ2n) is 10.2. The third kappa shape index (κ3) is 5.32. The maximum atomic E-state index is 3.77. The van der Waals surface area contributed by atoms with Gasteiger partial charge in [0.25, 0.3) is 0 Å². The van der Waals surface area contributed by atoms with Crippen LogP contribution in [0.15, 0.2) is 121 Å². The largest absolute Gasteiger partial charge is 0.0955 e. The Morgan fingerprint density at radius 1 is 0.382 bits per heavy atom. The summed E-state index contributed by atoms with van der Waals surface area (Å²) in [4.78, 5) is 0. The van der Waals surface area contributed by atoms with Crippen molar-refractivity contribution < 1.29 is 0 Å². The van der Waals surface area contributed by atoms with Gasteiger partial charge in [-0.3, -0.25) is 0 Å². The van der Waals surface area contributed by atoms with Crippen LogP contribution < -0.4 is 0 Å². The minimum atomic E-state index is -0.252. The molecule has 4 rings (SSSR count). The molecule has 0 aliphatic heterocycles. The molecule has 0 saturated carbocycles. The van der Waals surface area contributed by atoms with Crippen LogP contribution in [-0.4, -0.2) is 0 Å². The fraction of sp³-hybridized carbons (Fsp3) is 0.235. The smallest absolute Gasteiger partial charge is 0.0367 e. The van der Waals surface area contributed by atoms with Crippen molar-refractivity contribution in [1.82, 2.24) is 0 Å².